The fourth-order valence-corrected chi connectivity index (χ4v) is 2.86. The molecule has 3 rings (SSSR count). The van der Waals surface area contributed by atoms with E-state index in [0.717, 1.165) is 15.4 Å². The van der Waals surface area contributed by atoms with Gasteiger partial charge in [0.25, 0.3) is 0 Å². The van der Waals surface area contributed by atoms with E-state index >= 15 is 0 Å². The van der Waals surface area contributed by atoms with Gasteiger partial charge in [0, 0.05) is 24.2 Å². The first-order chi connectivity index (χ1) is 9.74. The highest BCUT2D eigenvalue weighted by Crippen LogP contribution is 2.30. The lowest BCUT2D eigenvalue weighted by atomic mass is 10.2. The van der Waals surface area contributed by atoms with Gasteiger partial charge in [-0.15, -0.1) is 11.3 Å². The summed E-state index contributed by atoms with van der Waals surface area (Å²) < 4.78 is 1.73. The van der Waals surface area contributed by atoms with Crippen molar-refractivity contribution in [1.82, 2.24) is 14.5 Å². The lowest BCUT2D eigenvalue weighted by Crippen LogP contribution is -2.18. The van der Waals surface area contributed by atoms with Crippen LogP contribution in [-0.2, 0) is 11.3 Å². The standard InChI is InChI=1S/C14H12N4OS/c15-12(19)9-18-7-6-16-13(18)11-8-17-14(20-11)10-4-2-1-3-5-10/h1-8H,9H2,(H2,15,19). The van der Waals surface area contributed by atoms with Crippen molar-refractivity contribution >= 4 is 17.2 Å². The van der Waals surface area contributed by atoms with Gasteiger partial charge in [0.15, 0.2) is 5.82 Å². The lowest BCUT2D eigenvalue weighted by molar-refractivity contribution is -0.118. The van der Waals surface area contributed by atoms with E-state index in [9.17, 15) is 4.79 Å². The topological polar surface area (TPSA) is 73.8 Å². The van der Waals surface area contributed by atoms with Crippen LogP contribution in [0.2, 0.25) is 0 Å². The second kappa shape index (κ2) is 5.26. The van der Waals surface area contributed by atoms with Crippen LogP contribution in [0.5, 0.6) is 0 Å². The Labute approximate surface area is 119 Å². The number of benzene rings is 1. The van der Waals surface area contributed by atoms with Crippen molar-refractivity contribution in [2.45, 2.75) is 6.54 Å². The molecular weight excluding hydrogens is 272 g/mol. The summed E-state index contributed by atoms with van der Waals surface area (Å²) in [4.78, 5) is 20.6. The maximum absolute atomic E-state index is 11.0. The molecule has 6 heteroatoms. The van der Waals surface area contributed by atoms with E-state index in [1.165, 1.54) is 11.3 Å². The Kier molecular flexibility index (Phi) is 3.30. The van der Waals surface area contributed by atoms with Crippen LogP contribution in [0.15, 0.2) is 48.9 Å². The van der Waals surface area contributed by atoms with Gasteiger partial charge in [0.1, 0.15) is 11.6 Å². The molecule has 3 aromatic rings. The first kappa shape index (κ1) is 12.6. The number of hydrogen-bond donors (Lipinski definition) is 1. The molecule has 0 saturated heterocycles. The van der Waals surface area contributed by atoms with E-state index in [1.54, 1.807) is 23.2 Å². The molecule has 2 aromatic heterocycles. The highest BCUT2D eigenvalue weighted by molar-refractivity contribution is 7.18. The quantitative estimate of drug-likeness (QED) is 0.797. The van der Waals surface area contributed by atoms with Gasteiger partial charge in [-0.1, -0.05) is 30.3 Å². The average Bonchev–Trinajstić information content (AvgIpc) is 3.07. The Morgan fingerprint density at radius 3 is 2.80 bits per heavy atom. The number of carbonyl (C=O) groups is 1. The zero-order valence-electron chi connectivity index (χ0n) is 10.6. The predicted octanol–water partition coefficient (Wildman–Crippen LogP) is 2.16. The molecular formula is C14H12N4OS. The zero-order valence-corrected chi connectivity index (χ0v) is 11.4. The highest BCUT2D eigenvalue weighted by atomic mass is 32.1. The number of nitrogens with zero attached hydrogens (tertiary/aromatic N) is 3. The van der Waals surface area contributed by atoms with Gasteiger partial charge in [-0.05, 0) is 0 Å². The molecule has 0 spiro atoms. The van der Waals surface area contributed by atoms with Gasteiger partial charge in [-0.25, -0.2) is 9.97 Å². The smallest absolute Gasteiger partial charge is 0.237 e. The van der Waals surface area contributed by atoms with Crippen LogP contribution >= 0.6 is 11.3 Å². The van der Waals surface area contributed by atoms with Gasteiger partial charge in [0.05, 0.1) is 4.88 Å². The van der Waals surface area contributed by atoms with Gasteiger partial charge >= 0.3 is 0 Å². The number of nitrogens with two attached hydrogens (primary N) is 1. The van der Waals surface area contributed by atoms with Gasteiger partial charge < -0.3 is 10.3 Å². The summed E-state index contributed by atoms with van der Waals surface area (Å²) in [6, 6.07) is 9.95. The fourth-order valence-electron chi connectivity index (χ4n) is 1.92. The van der Waals surface area contributed by atoms with E-state index in [2.05, 4.69) is 9.97 Å². The number of rotatable bonds is 4. The maximum atomic E-state index is 11.0. The normalized spacial score (nSPS) is 10.6. The van der Waals surface area contributed by atoms with Crippen LogP contribution < -0.4 is 5.73 Å². The van der Waals surface area contributed by atoms with Gasteiger partial charge in [-0.3, -0.25) is 4.79 Å². The molecule has 0 bridgehead atoms. The molecule has 0 fully saturated rings. The first-order valence-corrected chi connectivity index (χ1v) is 6.87. The summed E-state index contributed by atoms with van der Waals surface area (Å²) in [5.41, 5.74) is 6.29. The Bertz CT molecular complexity index is 732. The third-order valence-corrected chi connectivity index (χ3v) is 3.83. The minimum atomic E-state index is -0.392. The Balaban J connectivity index is 1.95. The Morgan fingerprint density at radius 1 is 1.25 bits per heavy atom. The summed E-state index contributed by atoms with van der Waals surface area (Å²) in [5.74, 6) is 0.320. The van der Waals surface area contributed by atoms with E-state index in [0.29, 0.717) is 5.82 Å². The molecule has 2 N–H and O–H groups in total. The summed E-state index contributed by atoms with van der Waals surface area (Å²) in [7, 11) is 0. The molecule has 0 radical (unpaired) electrons. The van der Waals surface area contributed by atoms with Crippen molar-refractivity contribution in [1.29, 1.82) is 0 Å². The molecule has 0 aliphatic carbocycles. The summed E-state index contributed by atoms with van der Waals surface area (Å²) >= 11 is 1.54. The number of imidazole rings is 1. The largest absolute Gasteiger partial charge is 0.368 e. The van der Waals surface area contributed by atoms with E-state index < -0.39 is 5.91 Å². The zero-order chi connectivity index (χ0) is 13.9. The van der Waals surface area contributed by atoms with Crippen molar-refractivity contribution in [3.63, 3.8) is 0 Å². The minimum absolute atomic E-state index is 0.119. The molecule has 0 saturated carbocycles. The van der Waals surface area contributed by atoms with E-state index in [1.807, 2.05) is 30.3 Å². The van der Waals surface area contributed by atoms with E-state index in [4.69, 9.17) is 5.73 Å². The van der Waals surface area contributed by atoms with Crippen LogP contribution in [0.3, 0.4) is 0 Å². The summed E-state index contributed by atoms with van der Waals surface area (Å²) in [6.07, 6.45) is 5.16. The van der Waals surface area contributed by atoms with E-state index in [-0.39, 0.29) is 6.54 Å². The molecule has 5 nitrogen and oxygen atoms in total. The predicted molar refractivity (Wildman–Crippen MR) is 78.0 cm³/mol. The molecule has 0 unspecified atom stereocenters. The minimum Gasteiger partial charge on any atom is -0.368 e. The van der Waals surface area contributed by atoms with Gasteiger partial charge in [0.2, 0.25) is 5.91 Å². The number of amides is 1. The monoisotopic (exact) mass is 284 g/mol. The van der Waals surface area contributed by atoms with Crippen molar-refractivity contribution in [2.75, 3.05) is 0 Å². The molecule has 0 aliphatic heterocycles. The first-order valence-electron chi connectivity index (χ1n) is 6.05. The third-order valence-electron chi connectivity index (χ3n) is 2.79. The molecule has 0 atom stereocenters. The van der Waals surface area contributed by atoms with Crippen LogP contribution in [-0.4, -0.2) is 20.4 Å². The summed E-state index contributed by atoms with van der Waals surface area (Å²) in [5, 5.41) is 0.925. The molecule has 1 amide bonds. The van der Waals surface area contributed by atoms with Crippen molar-refractivity contribution in [3.05, 3.63) is 48.9 Å². The van der Waals surface area contributed by atoms with Crippen molar-refractivity contribution < 1.29 is 4.79 Å². The highest BCUT2D eigenvalue weighted by Gasteiger charge is 2.12. The molecule has 0 aliphatic rings. The SMILES string of the molecule is NC(=O)Cn1ccnc1-c1cnc(-c2ccccc2)s1. The maximum Gasteiger partial charge on any atom is 0.237 e. The van der Waals surface area contributed by atoms with Crippen molar-refractivity contribution in [3.8, 4) is 21.3 Å². The Morgan fingerprint density at radius 2 is 2.05 bits per heavy atom. The second-order valence-electron chi connectivity index (χ2n) is 4.24. The molecule has 20 heavy (non-hydrogen) atoms. The van der Waals surface area contributed by atoms with Crippen LogP contribution in [0.4, 0.5) is 0 Å². The third kappa shape index (κ3) is 2.46. The fraction of sp³-hybridized carbons (Fsp3) is 0.0714. The second-order valence-corrected chi connectivity index (χ2v) is 5.27. The van der Waals surface area contributed by atoms with Crippen molar-refractivity contribution in [2.24, 2.45) is 5.73 Å². The number of hydrogen-bond acceptors (Lipinski definition) is 4. The number of thiazole rings is 1. The van der Waals surface area contributed by atoms with Crippen LogP contribution in [0.1, 0.15) is 0 Å². The van der Waals surface area contributed by atoms with Crippen LogP contribution in [0, 0.1) is 0 Å². The average molecular weight is 284 g/mol. The molecule has 100 valence electrons. The summed E-state index contributed by atoms with van der Waals surface area (Å²) in [6.45, 7) is 0.119. The Hall–Kier alpha value is -2.47. The number of carbonyl (C=O) groups excluding carboxylic acids is 1. The van der Waals surface area contributed by atoms with Crippen LogP contribution in [0.25, 0.3) is 21.3 Å². The molecule has 1 aromatic carbocycles. The van der Waals surface area contributed by atoms with Gasteiger partial charge in [-0.2, -0.15) is 0 Å². The molecule has 2 heterocycles. The number of primary amides is 1. The number of aromatic nitrogens is 3. The lowest BCUT2D eigenvalue weighted by Gasteiger charge is -2.02.